The van der Waals surface area contributed by atoms with Gasteiger partial charge in [-0.1, -0.05) is 72.3 Å². The van der Waals surface area contributed by atoms with E-state index in [1.54, 1.807) is 11.8 Å². The first-order valence-electron chi connectivity index (χ1n) is 11.2. The Morgan fingerprint density at radius 3 is 1.69 bits per heavy atom. The normalized spacial score (nSPS) is 21.5. The summed E-state index contributed by atoms with van der Waals surface area (Å²) in [4.78, 5) is 17.8. The van der Waals surface area contributed by atoms with Crippen LogP contribution < -0.4 is 5.73 Å². The Morgan fingerprint density at radius 2 is 1.17 bits per heavy atom. The predicted octanol–water partition coefficient (Wildman–Crippen LogP) is 6.73. The van der Waals surface area contributed by atoms with Crippen LogP contribution in [0.15, 0.2) is 77.8 Å². The smallest absolute Gasteiger partial charge is 0.224 e. The summed E-state index contributed by atoms with van der Waals surface area (Å²) in [5, 5.41) is 1.52. The number of nitrogens with zero attached hydrogens (tertiary/aromatic N) is 4. The first-order chi connectivity index (χ1) is 17.0. The second kappa shape index (κ2) is 10.8. The number of hydrogen-bond donors (Lipinski definition) is 1. The van der Waals surface area contributed by atoms with Crippen LogP contribution in [0.3, 0.4) is 0 Å². The first-order valence-corrected chi connectivity index (χ1v) is 13.3. The van der Waals surface area contributed by atoms with Gasteiger partial charge in [-0.2, -0.15) is 0 Å². The lowest BCUT2D eigenvalue weighted by atomic mass is 9.50. The third kappa shape index (κ3) is 5.18. The highest BCUT2D eigenvalue weighted by Gasteiger charge is 2.54. The fourth-order valence-electron chi connectivity index (χ4n) is 5.06. The first kappa shape index (κ1) is 24.5. The highest BCUT2D eigenvalue weighted by atomic mass is 35.5. The van der Waals surface area contributed by atoms with E-state index in [2.05, 4.69) is 63.5 Å². The summed E-state index contributed by atoms with van der Waals surface area (Å²) < 4.78 is 0. The van der Waals surface area contributed by atoms with Crippen LogP contribution in [-0.2, 0) is 0 Å². The minimum absolute atomic E-state index is 0.0108. The summed E-state index contributed by atoms with van der Waals surface area (Å²) in [6.07, 6.45) is 0. The number of nitrogens with two attached hydrogens (primary N) is 1. The Hall–Kier alpha value is -2.22. The standard InChI is InChI=1S/C26H22Cl3N5S/c27-19-13-17(31-25(28)33-19)23-21(15-7-3-1-4-8-15)24(22(23)16-9-5-2-6-10-16)18-14-20(35-12-11-30)34-26(29)32-18/h1-10,13-14,21-24H,11-12,30H2/t21-,22-,23-,24-/m0/s1. The SMILES string of the molecule is NCCSc1cc([C@H]2[C@@H](c3ccccc3)[C@H](c3cc(Cl)nc(Cl)n3)[C@@H]2c2ccccc2)nc(Cl)n1. The lowest BCUT2D eigenvalue weighted by Gasteiger charge is -2.52. The molecule has 1 aliphatic carbocycles. The monoisotopic (exact) mass is 541 g/mol. The van der Waals surface area contributed by atoms with E-state index in [1.165, 1.54) is 11.1 Å². The third-order valence-corrected chi connectivity index (χ3v) is 7.83. The lowest BCUT2D eigenvalue weighted by molar-refractivity contribution is 0.219. The molecular weight excluding hydrogens is 521 g/mol. The van der Waals surface area contributed by atoms with Gasteiger partial charge in [-0.05, 0) is 46.5 Å². The van der Waals surface area contributed by atoms with Crippen molar-refractivity contribution in [1.82, 2.24) is 19.9 Å². The third-order valence-electron chi connectivity index (χ3n) is 6.35. The number of halogens is 3. The molecule has 1 aliphatic rings. The van der Waals surface area contributed by atoms with Crippen molar-refractivity contribution in [2.24, 2.45) is 5.73 Å². The summed E-state index contributed by atoms with van der Waals surface area (Å²) >= 11 is 20.6. The maximum Gasteiger partial charge on any atom is 0.224 e. The molecule has 2 N–H and O–H groups in total. The number of benzene rings is 2. The van der Waals surface area contributed by atoms with Gasteiger partial charge in [0.15, 0.2) is 0 Å². The molecular formula is C26H22Cl3N5S. The largest absolute Gasteiger partial charge is 0.330 e. The van der Waals surface area contributed by atoms with Crippen LogP contribution in [0.25, 0.3) is 0 Å². The van der Waals surface area contributed by atoms with Gasteiger partial charge in [0, 0.05) is 36.0 Å². The Labute approximate surface area is 223 Å². The van der Waals surface area contributed by atoms with Crippen molar-refractivity contribution in [3.8, 4) is 0 Å². The second-order valence-corrected chi connectivity index (χ2v) is 10.5. The molecule has 0 unspecified atom stereocenters. The van der Waals surface area contributed by atoms with Crippen LogP contribution in [0.2, 0.25) is 15.7 Å². The van der Waals surface area contributed by atoms with E-state index in [-0.39, 0.29) is 34.2 Å². The molecule has 9 heteroatoms. The fourth-order valence-corrected chi connectivity index (χ4v) is 6.41. The molecule has 4 aromatic rings. The van der Waals surface area contributed by atoms with E-state index in [4.69, 9.17) is 45.5 Å². The number of aromatic nitrogens is 4. The molecule has 0 amide bonds. The molecule has 5 nitrogen and oxygen atoms in total. The molecule has 2 atom stereocenters. The quantitative estimate of drug-likeness (QED) is 0.159. The van der Waals surface area contributed by atoms with Crippen molar-refractivity contribution in [2.45, 2.75) is 28.7 Å². The zero-order chi connectivity index (χ0) is 24.4. The van der Waals surface area contributed by atoms with Gasteiger partial charge in [-0.3, -0.25) is 0 Å². The van der Waals surface area contributed by atoms with Gasteiger partial charge in [-0.15, -0.1) is 11.8 Å². The predicted molar refractivity (Wildman–Crippen MR) is 143 cm³/mol. The fraction of sp³-hybridized carbons (Fsp3) is 0.231. The maximum absolute atomic E-state index is 6.41. The average Bonchev–Trinajstić information content (AvgIpc) is 2.83. The van der Waals surface area contributed by atoms with Crippen molar-refractivity contribution in [3.63, 3.8) is 0 Å². The summed E-state index contributed by atoms with van der Waals surface area (Å²) in [5.74, 6) is 0.942. The van der Waals surface area contributed by atoms with Crippen LogP contribution >= 0.6 is 46.6 Å². The molecule has 178 valence electrons. The zero-order valence-electron chi connectivity index (χ0n) is 18.6. The van der Waals surface area contributed by atoms with Crippen LogP contribution in [0.1, 0.15) is 46.2 Å². The summed E-state index contributed by atoms with van der Waals surface area (Å²) in [6.45, 7) is 0.557. The Morgan fingerprint density at radius 1 is 0.657 bits per heavy atom. The van der Waals surface area contributed by atoms with E-state index in [0.717, 1.165) is 22.2 Å². The van der Waals surface area contributed by atoms with Crippen LogP contribution in [0.4, 0.5) is 0 Å². The summed E-state index contributed by atoms with van der Waals surface area (Å²) in [7, 11) is 0. The molecule has 2 heterocycles. The topological polar surface area (TPSA) is 77.6 Å². The van der Waals surface area contributed by atoms with Crippen molar-refractivity contribution in [3.05, 3.63) is 111 Å². The van der Waals surface area contributed by atoms with Gasteiger partial charge in [0.1, 0.15) is 10.2 Å². The number of thioether (sulfide) groups is 1. The maximum atomic E-state index is 6.41. The summed E-state index contributed by atoms with van der Waals surface area (Å²) in [6, 6.07) is 24.7. The van der Waals surface area contributed by atoms with Gasteiger partial charge in [0.2, 0.25) is 10.6 Å². The molecule has 0 bridgehead atoms. The molecule has 0 spiro atoms. The molecule has 0 saturated heterocycles. The van der Waals surface area contributed by atoms with E-state index in [9.17, 15) is 0 Å². The van der Waals surface area contributed by atoms with Gasteiger partial charge in [0.25, 0.3) is 0 Å². The van der Waals surface area contributed by atoms with Gasteiger partial charge < -0.3 is 5.73 Å². The van der Waals surface area contributed by atoms with Gasteiger partial charge in [0.05, 0.1) is 11.4 Å². The summed E-state index contributed by atoms with van der Waals surface area (Å²) in [5.41, 5.74) is 9.80. The van der Waals surface area contributed by atoms with E-state index in [1.807, 2.05) is 24.3 Å². The Balaban J connectivity index is 1.68. The van der Waals surface area contributed by atoms with Crippen molar-refractivity contribution in [2.75, 3.05) is 12.3 Å². The molecule has 0 aliphatic heterocycles. The molecule has 2 aromatic carbocycles. The van der Waals surface area contributed by atoms with Crippen LogP contribution in [0, 0.1) is 0 Å². The zero-order valence-corrected chi connectivity index (χ0v) is 21.6. The van der Waals surface area contributed by atoms with E-state index >= 15 is 0 Å². The Bertz CT molecular complexity index is 1240. The van der Waals surface area contributed by atoms with Crippen molar-refractivity contribution in [1.29, 1.82) is 0 Å². The molecule has 35 heavy (non-hydrogen) atoms. The van der Waals surface area contributed by atoms with E-state index < -0.39 is 0 Å². The second-order valence-electron chi connectivity index (χ2n) is 8.35. The molecule has 5 rings (SSSR count). The van der Waals surface area contributed by atoms with Crippen LogP contribution in [-0.4, -0.2) is 32.2 Å². The molecule has 1 saturated carbocycles. The molecule has 2 aromatic heterocycles. The Kier molecular flexibility index (Phi) is 7.56. The highest BCUT2D eigenvalue weighted by Crippen LogP contribution is 2.66. The van der Waals surface area contributed by atoms with Crippen LogP contribution in [0.5, 0.6) is 0 Å². The lowest BCUT2D eigenvalue weighted by Crippen LogP contribution is -2.41. The average molecular weight is 543 g/mol. The highest BCUT2D eigenvalue weighted by molar-refractivity contribution is 7.99. The van der Waals surface area contributed by atoms with Crippen molar-refractivity contribution >= 4 is 46.6 Å². The number of rotatable bonds is 7. The van der Waals surface area contributed by atoms with Crippen molar-refractivity contribution < 1.29 is 0 Å². The number of hydrogen-bond acceptors (Lipinski definition) is 6. The van der Waals surface area contributed by atoms with Gasteiger partial charge >= 0.3 is 0 Å². The molecule has 1 fully saturated rings. The minimum Gasteiger partial charge on any atom is -0.330 e. The van der Waals surface area contributed by atoms with E-state index in [0.29, 0.717) is 11.7 Å². The van der Waals surface area contributed by atoms with Gasteiger partial charge in [-0.25, -0.2) is 19.9 Å². The molecule has 0 radical (unpaired) electrons. The minimum atomic E-state index is 0.0108.